The number of para-hydroxylation sites is 1. The van der Waals surface area contributed by atoms with Gasteiger partial charge < -0.3 is 19.4 Å². The number of halogens is 2. The van der Waals surface area contributed by atoms with Crippen LogP contribution in [-0.2, 0) is 4.79 Å². The molecule has 2 saturated heterocycles. The lowest BCUT2D eigenvalue weighted by molar-refractivity contribution is 0.0938. The Morgan fingerprint density at radius 1 is 1.21 bits per heavy atom. The second kappa shape index (κ2) is 8.58. The zero-order valence-electron chi connectivity index (χ0n) is 18.9. The van der Waals surface area contributed by atoms with E-state index in [2.05, 4.69) is 11.3 Å². The van der Waals surface area contributed by atoms with Crippen LogP contribution in [-0.4, -0.2) is 41.6 Å². The van der Waals surface area contributed by atoms with Crippen molar-refractivity contribution in [2.45, 2.75) is 44.4 Å². The van der Waals surface area contributed by atoms with E-state index in [0.717, 1.165) is 12.8 Å². The van der Waals surface area contributed by atoms with Gasteiger partial charge in [0.1, 0.15) is 23.0 Å². The monoisotopic (exact) mass is 482 g/mol. The van der Waals surface area contributed by atoms with Gasteiger partial charge in [0.2, 0.25) is 5.75 Å². The summed E-state index contributed by atoms with van der Waals surface area (Å²) in [5.41, 5.74) is -0.428. The zero-order valence-corrected chi connectivity index (χ0v) is 19.6. The van der Waals surface area contributed by atoms with Crippen LogP contribution in [0.5, 0.6) is 5.75 Å². The molecule has 2 unspecified atom stereocenters. The molecule has 2 fully saturated rings. The molecule has 0 amide bonds. The zero-order chi connectivity index (χ0) is 24.0. The number of nitrogens with zero attached hydrogens (tertiary/aromatic N) is 1. The first-order valence-corrected chi connectivity index (χ1v) is 11.6. The van der Waals surface area contributed by atoms with Crippen molar-refractivity contribution < 1.29 is 18.3 Å². The number of hydrogen-bond acceptors (Lipinski definition) is 6. The maximum Gasteiger partial charge on any atom is 0.379 e. The predicted octanol–water partition coefficient (Wildman–Crippen LogP) is 4.56. The van der Waals surface area contributed by atoms with Crippen molar-refractivity contribution in [1.82, 2.24) is 10.2 Å². The van der Waals surface area contributed by atoms with E-state index >= 15 is 0 Å². The smallest absolute Gasteiger partial charge is 0.379 e. The van der Waals surface area contributed by atoms with E-state index in [1.807, 2.05) is 4.90 Å². The average Bonchev–Trinajstić information content (AvgIpc) is 3.13. The first-order chi connectivity index (χ1) is 16.3. The van der Waals surface area contributed by atoms with Gasteiger partial charge in [0.15, 0.2) is 5.60 Å². The summed E-state index contributed by atoms with van der Waals surface area (Å²) in [5.74, 6) is 1.48. The number of rotatable bonds is 5. The molecule has 2 aliphatic heterocycles. The Hall–Kier alpha value is -3.12. The summed E-state index contributed by atoms with van der Waals surface area (Å²) in [6.45, 7) is 4.78. The molecule has 2 aromatic carbocycles. The molecule has 1 N–H and O–H groups in total. The van der Waals surface area contributed by atoms with Gasteiger partial charge in [-0.2, -0.15) is 0 Å². The highest BCUT2D eigenvalue weighted by atomic mass is 35.5. The van der Waals surface area contributed by atoms with Crippen LogP contribution < -0.4 is 15.7 Å². The lowest BCUT2D eigenvalue weighted by Crippen LogP contribution is -2.54. The Labute approximate surface area is 201 Å². The Kier molecular flexibility index (Phi) is 5.72. The molecule has 6 nitrogen and oxygen atoms in total. The molecule has 0 radical (unpaired) electrons. The van der Waals surface area contributed by atoms with Crippen LogP contribution in [0.3, 0.4) is 0 Å². The van der Waals surface area contributed by atoms with E-state index < -0.39 is 17.0 Å². The number of nitrogens with one attached hydrogen (secondary N) is 1. The first-order valence-electron chi connectivity index (χ1n) is 11.2. The predicted molar refractivity (Wildman–Crippen MR) is 128 cm³/mol. The minimum absolute atomic E-state index is 0.0944. The van der Waals surface area contributed by atoms with Crippen molar-refractivity contribution in [3.8, 4) is 16.9 Å². The molecule has 2 aliphatic rings. The maximum atomic E-state index is 13.8. The van der Waals surface area contributed by atoms with Gasteiger partial charge in [-0.15, -0.1) is 0 Å². The summed E-state index contributed by atoms with van der Waals surface area (Å²) in [7, 11) is 0. The normalized spacial score (nSPS) is 19.8. The largest absolute Gasteiger partial charge is 0.473 e. The lowest BCUT2D eigenvalue weighted by Gasteiger charge is -2.40. The SMILES string of the molecule is CC(C)(Oc1c(-c2ccc(F)cc2Cl)c2ccccc2oc1=O)C(=C=O)N1CC2CCC(C1)N2. The van der Waals surface area contributed by atoms with E-state index in [-0.39, 0.29) is 10.8 Å². The van der Waals surface area contributed by atoms with Crippen molar-refractivity contribution >= 4 is 28.5 Å². The molecule has 0 aliphatic carbocycles. The number of ether oxygens (including phenoxy) is 1. The van der Waals surface area contributed by atoms with Crippen LogP contribution in [0.15, 0.2) is 57.4 Å². The third kappa shape index (κ3) is 4.00. The van der Waals surface area contributed by atoms with Crippen LogP contribution in [0.4, 0.5) is 4.39 Å². The number of piperazine rings is 1. The fourth-order valence-electron chi connectivity index (χ4n) is 5.04. The third-order valence-electron chi connectivity index (χ3n) is 6.53. The summed E-state index contributed by atoms with van der Waals surface area (Å²) < 4.78 is 25.6. The summed E-state index contributed by atoms with van der Waals surface area (Å²) in [4.78, 5) is 27.3. The molecule has 34 heavy (non-hydrogen) atoms. The molecule has 3 heterocycles. The molecule has 0 saturated carbocycles. The Bertz CT molecular complexity index is 1370. The Morgan fingerprint density at radius 3 is 2.59 bits per heavy atom. The van der Waals surface area contributed by atoms with Crippen LogP contribution in [0.25, 0.3) is 22.1 Å². The van der Waals surface area contributed by atoms with Crippen molar-refractivity contribution in [3.05, 3.63) is 69.4 Å². The van der Waals surface area contributed by atoms with Gasteiger partial charge >= 0.3 is 5.63 Å². The second-order valence-corrected chi connectivity index (χ2v) is 9.73. The van der Waals surface area contributed by atoms with Crippen LogP contribution >= 0.6 is 11.6 Å². The van der Waals surface area contributed by atoms with Crippen molar-refractivity contribution in [2.75, 3.05) is 13.1 Å². The Morgan fingerprint density at radius 2 is 1.91 bits per heavy atom. The van der Waals surface area contributed by atoms with E-state index in [1.54, 1.807) is 38.1 Å². The van der Waals surface area contributed by atoms with Gasteiger partial charge in [-0.1, -0.05) is 29.8 Å². The number of fused-ring (bicyclic) bond motifs is 3. The van der Waals surface area contributed by atoms with Gasteiger partial charge in [-0.05, 0) is 51.0 Å². The molecule has 0 spiro atoms. The second-order valence-electron chi connectivity index (χ2n) is 9.32. The standard InChI is InChI=1S/C26H24ClFN2O4/c1-26(2,22(14-31)30-12-16-8-9-17(13-30)29-16)34-24-23(18-10-7-15(28)11-20(18)27)19-5-3-4-6-21(19)33-25(24)32/h3-7,10-11,16-17,29H,8-9,12-13H2,1-2H3. The topological polar surface area (TPSA) is 71.8 Å². The van der Waals surface area contributed by atoms with Crippen molar-refractivity contribution in [1.29, 1.82) is 0 Å². The minimum atomic E-state index is -1.20. The molecule has 1 aromatic heterocycles. The summed E-state index contributed by atoms with van der Waals surface area (Å²) in [6.07, 6.45) is 2.10. The maximum absolute atomic E-state index is 13.8. The lowest BCUT2D eigenvalue weighted by atomic mass is 9.99. The van der Waals surface area contributed by atoms with E-state index in [1.165, 1.54) is 18.2 Å². The fraction of sp³-hybridized carbons (Fsp3) is 0.346. The number of likely N-dealkylation sites (tertiary alicyclic amines) is 1. The molecule has 176 valence electrons. The summed E-state index contributed by atoms with van der Waals surface area (Å²) in [6, 6.07) is 11.5. The molecule has 5 rings (SSSR count). The van der Waals surface area contributed by atoms with Gasteiger partial charge in [-0.3, -0.25) is 0 Å². The first kappa shape index (κ1) is 22.7. The highest BCUT2D eigenvalue weighted by Crippen LogP contribution is 2.41. The summed E-state index contributed by atoms with van der Waals surface area (Å²) >= 11 is 6.40. The highest BCUT2D eigenvalue weighted by Gasteiger charge is 2.40. The molecule has 2 bridgehead atoms. The molecular formula is C26H24ClFN2O4. The third-order valence-corrected chi connectivity index (χ3v) is 6.84. The Balaban J connectivity index is 1.63. The summed E-state index contributed by atoms with van der Waals surface area (Å²) in [5, 5.41) is 4.24. The van der Waals surface area contributed by atoms with Crippen LogP contribution in [0.2, 0.25) is 5.02 Å². The van der Waals surface area contributed by atoms with Crippen LogP contribution in [0, 0.1) is 5.82 Å². The van der Waals surface area contributed by atoms with Gasteiger partial charge in [0.05, 0.1) is 5.02 Å². The molecular weight excluding hydrogens is 459 g/mol. The molecule has 2 atom stereocenters. The van der Waals surface area contributed by atoms with Gasteiger partial charge in [0, 0.05) is 41.7 Å². The van der Waals surface area contributed by atoms with Crippen molar-refractivity contribution in [3.63, 3.8) is 0 Å². The highest BCUT2D eigenvalue weighted by molar-refractivity contribution is 6.33. The number of hydrogen-bond donors (Lipinski definition) is 1. The number of benzene rings is 2. The van der Waals surface area contributed by atoms with Gasteiger partial charge in [0.25, 0.3) is 0 Å². The molecule has 8 heteroatoms. The van der Waals surface area contributed by atoms with E-state index in [4.69, 9.17) is 20.8 Å². The van der Waals surface area contributed by atoms with Gasteiger partial charge in [-0.25, -0.2) is 14.0 Å². The average molecular weight is 483 g/mol. The number of carbonyl (C=O) groups excluding carboxylic acids is 1. The quantitative estimate of drug-likeness (QED) is 0.424. The fourth-order valence-corrected chi connectivity index (χ4v) is 5.30. The minimum Gasteiger partial charge on any atom is -0.473 e. The van der Waals surface area contributed by atoms with E-state index in [9.17, 15) is 14.0 Å². The molecule has 3 aromatic rings. The van der Waals surface area contributed by atoms with Crippen molar-refractivity contribution in [2.24, 2.45) is 0 Å². The van der Waals surface area contributed by atoms with Crippen LogP contribution in [0.1, 0.15) is 26.7 Å². The van der Waals surface area contributed by atoms with E-state index in [0.29, 0.717) is 53.0 Å².